The Morgan fingerprint density at radius 2 is 1.90 bits per heavy atom. The maximum atomic E-state index is 13.5. The highest BCUT2D eigenvalue weighted by Crippen LogP contribution is 2.20. The molecule has 0 aliphatic heterocycles. The first-order chi connectivity index (χ1) is 10.2. The number of para-hydroxylation sites is 1. The normalized spacial score (nSPS) is 10.2. The Morgan fingerprint density at radius 1 is 1.19 bits per heavy atom. The monoisotopic (exact) mass is 289 g/mol. The summed E-state index contributed by atoms with van der Waals surface area (Å²) >= 11 is 0. The van der Waals surface area contributed by atoms with Gasteiger partial charge in [-0.2, -0.15) is 0 Å². The highest BCUT2D eigenvalue weighted by molar-refractivity contribution is 6.08. The number of aliphatic hydroxyl groups is 1. The molecule has 0 saturated heterocycles. The maximum Gasteiger partial charge on any atom is 0.257 e. The summed E-state index contributed by atoms with van der Waals surface area (Å²) in [6.45, 7) is 0.0700. The van der Waals surface area contributed by atoms with Crippen LogP contribution in [0.1, 0.15) is 15.9 Å². The molecular formula is C15H16FN3O2. The van der Waals surface area contributed by atoms with Gasteiger partial charge in [0.2, 0.25) is 0 Å². The first-order valence-electron chi connectivity index (χ1n) is 6.42. The van der Waals surface area contributed by atoms with E-state index in [1.54, 1.807) is 24.3 Å². The Morgan fingerprint density at radius 3 is 2.52 bits per heavy atom. The molecule has 5 nitrogen and oxygen atoms in total. The molecule has 0 atom stereocenters. The average Bonchev–Trinajstić information content (AvgIpc) is 2.49. The summed E-state index contributed by atoms with van der Waals surface area (Å²) < 4.78 is 13.5. The van der Waals surface area contributed by atoms with Crippen LogP contribution in [0.4, 0.5) is 15.8 Å². The van der Waals surface area contributed by atoms with E-state index >= 15 is 0 Å². The van der Waals surface area contributed by atoms with Crippen LogP contribution in [0.25, 0.3) is 0 Å². The third-order valence-corrected chi connectivity index (χ3v) is 3.01. The number of hydrogen-bond donors (Lipinski definition) is 4. The number of nitrogen functional groups attached to an aromatic ring is 1. The summed E-state index contributed by atoms with van der Waals surface area (Å²) in [5.41, 5.74) is 3.81. The number of rotatable bonds is 5. The predicted octanol–water partition coefficient (Wildman–Crippen LogP) is 1.90. The van der Waals surface area contributed by atoms with Crippen LogP contribution in [0.5, 0.6) is 0 Å². The largest absolute Gasteiger partial charge is 0.396 e. The van der Waals surface area contributed by atoms with Crippen LogP contribution in [0, 0.1) is 5.82 Å². The van der Waals surface area contributed by atoms with Gasteiger partial charge >= 0.3 is 0 Å². The zero-order valence-electron chi connectivity index (χ0n) is 11.3. The van der Waals surface area contributed by atoms with Crippen LogP contribution >= 0.6 is 0 Å². The van der Waals surface area contributed by atoms with Gasteiger partial charge in [0, 0.05) is 12.3 Å². The van der Waals surface area contributed by atoms with E-state index in [4.69, 9.17) is 10.9 Å². The predicted molar refractivity (Wildman–Crippen MR) is 79.4 cm³/mol. The SMILES string of the molecule is NNc1c(F)cccc1C(=O)Nc1ccc(CCO)cc1. The van der Waals surface area contributed by atoms with Gasteiger partial charge in [-0.15, -0.1) is 0 Å². The number of benzene rings is 2. The van der Waals surface area contributed by atoms with Gasteiger partial charge in [-0.1, -0.05) is 18.2 Å². The van der Waals surface area contributed by atoms with Gasteiger partial charge in [-0.25, -0.2) is 4.39 Å². The lowest BCUT2D eigenvalue weighted by Gasteiger charge is -2.10. The zero-order chi connectivity index (χ0) is 15.2. The van der Waals surface area contributed by atoms with Crippen molar-refractivity contribution in [1.82, 2.24) is 0 Å². The highest BCUT2D eigenvalue weighted by atomic mass is 19.1. The van der Waals surface area contributed by atoms with Crippen molar-refractivity contribution in [2.24, 2.45) is 5.84 Å². The van der Waals surface area contributed by atoms with Crippen LogP contribution in [0.15, 0.2) is 42.5 Å². The Kier molecular flexibility index (Phi) is 4.86. The van der Waals surface area contributed by atoms with Crippen molar-refractivity contribution >= 4 is 17.3 Å². The number of aliphatic hydroxyl groups excluding tert-OH is 1. The Balaban J connectivity index is 2.16. The minimum absolute atomic E-state index is 0.0492. The maximum absolute atomic E-state index is 13.5. The third-order valence-electron chi connectivity index (χ3n) is 3.01. The second-order valence-corrected chi connectivity index (χ2v) is 4.43. The number of hydrazine groups is 1. The number of carbonyl (C=O) groups excluding carboxylic acids is 1. The lowest BCUT2D eigenvalue weighted by atomic mass is 10.1. The lowest BCUT2D eigenvalue weighted by Crippen LogP contribution is -2.18. The fourth-order valence-electron chi connectivity index (χ4n) is 1.94. The topological polar surface area (TPSA) is 87.4 Å². The van der Waals surface area contributed by atoms with Gasteiger partial charge in [0.25, 0.3) is 5.91 Å². The number of nitrogens with two attached hydrogens (primary N) is 1. The van der Waals surface area contributed by atoms with Crippen LogP contribution in [0.2, 0.25) is 0 Å². The Bertz CT molecular complexity index is 629. The van der Waals surface area contributed by atoms with Crippen molar-refractivity contribution in [1.29, 1.82) is 0 Å². The summed E-state index contributed by atoms with van der Waals surface area (Å²) in [7, 11) is 0. The fourth-order valence-corrected chi connectivity index (χ4v) is 1.94. The van der Waals surface area contributed by atoms with Crippen molar-refractivity contribution in [3.05, 3.63) is 59.4 Å². The molecule has 0 bridgehead atoms. The summed E-state index contributed by atoms with van der Waals surface area (Å²) in [4.78, 5) is 12.1. The summed E-state index contributed by atoms with van der Waals surface area (Å²) in [5, 5.41) is 11.5. The zero-order valence-corrected chi connectivity index (χ0v) is 11.3. The standard InChI is InChI=1S/C15H16FN3O2/c16-13-3-1-2-12(14(13)19-17)15(21)18-11-6-4-10(5-7-11)8-9-20/h1-7,19-20H,8-9,17H2,(H,18,21). The molecule has 2 rings (SSSR count). The molecular weight excluding hydrogens is 273 g/mol. The van der Waals surface area contributed by atoms with Gasteiger partial charge in [0.05, 0.1) is 11.3 Å². The molecule has 1 amide bonds. The molecule has 0 saturated carbocycles. The summed E-state index contributed by atoms with van der Waals surface area (Å²) in [5.74, 6) is 4.19. The molecule has 0 unspecified atom stereocenters. The van der Waals surface area contributed by atoms with E-state index < -0.39 is 11.7 Å². The van der Waals surface area contributed by atoms with E-state index in [9.17, 15) is 9.18 Å². The minimum atomic E-state index is -0.594. The molecule has 2 aromatic rings. The van der Waals surface area contributed by atoms with Gasteiger partial charge in [0.15, 0.2) is 0 Å². The lowest BCUT2D eigenvalue weighted by molar-refractivity contribution is 0.102. The van der Waals surface area contributed by atoms with Crippen molar-refractivity contribution in [3.8, 4) is 0 Å². The van der Waals surface area contributed by atoms with E-state index in [0.717, 1.165) is 5.56 Å². The number of hydrogen-bond acceptors (Lipinski definition) is 4. The van der Waals surface area contributed by atoms with E-state index in [2.05, 4.69) is 10.7 Å². The molecule has 0 spiro atoms. The van der Waals surface area contributed by atoms with Gasteiger partial charge in [-0.05, 0) is 36.2 Å². The molecule has 0 radical (unpaired) electrons. The van der Waals surface area contributed by atoms with E-state index in [0.29, 0.717) is 12.1 Å². The first-order valence-corrected chi connectivity index (χ1v) is 6.42. The number of amides is 1. The van der Waals surface area contributed by atoms with Crippen molar-refractivity contribution in [2.45, 2.75) is 6.42 Å². The molecule has 0 aliphatic rings. The summed E-state index contributed by atoms with van der Waals surface area (Å²) in [6, 6.07) is 11.2. The van der Waals surface area contributed by atoms with E-state index in [-0.39, 0.29) is 17.9 Å². The molecule has 2 aromatic carbocycles. The second kappa shape index (κ2) is 6.83. The molecule has 6 heteroatoms. The molecule has 0 heterocycles. The molecule has 110 valence electrons. The number of nitrogens with one attached hydrogen (secondary N) is 2. The molecule has 5 N–H and O–H groups in total. The van der Waals surface area contributed by atoms with Crippen LogP contribution in [-0.2, 0) is 6.42 Å². The van der Waals surface area contributed by atoms with Crippen LogP contribution in [-0.4, -0.2) is 17.6 Å². The fraction of sp³-hybridized carbons (Fsp3) is 0.133. The number of anilines is 2. The quantitative estimate of drug-likeness (QED) is 0.500. The average molecular weight is 289 g/mol. The van der Waals surface area contributed by atoms with Crippen LogP contribution < -0.4 is 16.6 Å². The van der Waals surface area contributed by atoms with E-state index in [1.165, 1.54) is 18.2 Å². The van der Waals surface area contributed by atoms with Crippen molar-refractivity contribution < 1.29 is 14.3 Å². The first kappa shape index (κ1) is 15.0. The number of carbonyl (C=O) groups is 1. The molecule has 21 heavy (non-hydrogen) atoms. The van der Waals surface area contributed by atoms with Gasteiger partial charge in [0.1, 0.15) is 5.82 Å². The Labute approximate surface area is 121 Å². The van der Waals surface area contributed by atoms with Crippen LogP contribution in [0.3, 0.4) is 0 Å². The third kappa shape index (κ3) is 3.56. The highest BCUT2D eigenvalue weighted by Gasteiger charge is 2.14. The molecule has 0 fully saturated rings. The van der Waals surface area contributed by atoms with Gasteiger partial charge < -0.3 is 15.8 Å². The van der Waals surface area contributed by atoms with Gasteiger partial charge in [-0.3, -0.25) is 10.6 Å². The smallest absolute Gasteiger partial charge is 0.257 e. The minimum Gasteiger partial charge on any atom is -0.396 e. The number of halogens is 1. The second-order valence-electron chi connectivity index (χ2n) is 4.43. The molecule has 0 aromatic heterocycles. The molecule has 0 aliphatic carbocycles. The van der Waals surface area contributed by atoms with Crippen molar-refractivity contribution in [2.75, 3.05) is 17.3 Å². The summed E-state index contributed by atoms with van der Waals surface area (Å²) in [6.07, 6.45) is 0.555. The Hall–Kier alpha value is -2.44. The van der Waals surface area contributed by atoms with Crippen molar-refractivity contribution in [3.63, 3.8) is 0 Å². The van der Waals surface area contributed by atoms with E-state index in [1.807, 2.05) is 0 Å².